The molecule has 0 atom stereocenters. The van der Waals surface area contributed by atoms with Crippen LogP contribution >= 0.6 is 0 Å². The standard InChI is InChI=1S/C9H14N2O/c1-3-9-10-6-8(11-9)5-4-7(2)12/h6H,3-5H2,1-2H3,(H,10,11). The van der Waals surface area contributed by atoms with Gasteiger partial charge >= 0.3 is 0 Å². The maximum atomic E-state index is 10.7. The van der Waals surface area contributed by atoms with Gasteiger partial charge in [-0.3, -0.25) is 0 Å². The third-order valence-corrected chi connectivity index (χ3v) is 1.76. The Bertz CT molecular complexity index is 265. The van der Waals surface area contributed by atoms with Crippen molar-refractivity contribution in [1.29, 1.82) is 0 Å². The first-order valence-corrected chi connectivity index (χ1v) is 4.24. The Morgan fingerprint density at radius 1 is 1.67 bits per heavy atom. The van der Waals surface area contributed by atoms with E-state index in [4.69, 9.17) is 0 Å². The molecular formula is C9H14N2O. The summed E-state index contributed by atoms with van der Waals surface area (Å²) in [7, 11) is 0. The van der Waals surface area contributed by atoms with Crippen LogP contribution < -0.4 is 0 Å². The van der Waals surface area contributed by atoms with E-state index < -0.39 is 0 Å². The summed E-state index contributed by atoms with van der Waals surface area (Å²) in [5.74, 6) is 1.22. The fraction of sp³-hybridized carbons (Fsp3) is 0.556. The zero-order valence-corrected chi connectivity index (χ0v) is 7.55. The first-order chi connectivity index (χ1) is 5.72. The number of aromatic nitrogens is 2. The van der Waals surface area contributed by atoms with E-state index in [0.717, 1.165) is 24.4 Å². The van der Waals surface area contributed by atoms with Crippen LogP contribution in [-0.4, -0.2) is 15.8 Å². The number of carbonyl (C=O) groups is 1. The van der Waals surface area contributed by atoms with Crippen LogP contribution in [0.3, 0.4) is 0 Å². The number of carbonyl (C=O) groups excluding carboxylic acids is 1. The van der Waals surface area contributed by atoms with Crippen LogP contribution in [0.15, 0.2) is 6.20 Å². The molecule has 1 aromatic rings. The summed E-state index contributed by atoms with van der Waals surface area (Å²) in [6.07, 6.45) is 4.11. The number of imidazole rings is 1. The van der Waals surface area contributed by atoms with Gasteiger partial charge in [-0.1, -0.05) is 6.92 Å². The summed E-state index contributed by atoms with van der Waals surface area (Å²) in [5.41, 5.74) is 1.06. The van der Waals surface area contributed by atoms with Crippen molar-refractivity contribution in [3.63, 3.8) is 0 Å². The molecule has 1 rings (SSSR count). The highest BCUT2D eigenvalue weighted by molar-refractivity contribution is 5.75. The lowest BCUT2D eigenvalue weighted by Crippen LogP contribution is -1.94. The van der Waals surface area contributed by atoms with Crippen molar-refractivity contribution in [3.8, 4) is 0 Å². The molecule has 0 aliphatic heterocycles. The molecule has 12 heavy (non-hydrogen) atoms. The van der Waals surface area contributed by atoms with Gasteiger partial charge < -0.3 is 9.78 Å². The lowest BCUT2D eigenvalue weighted by Gasteiger charge is -1.92. The Labute approximate surface area is 72.2 Å². The second kappa shape index (κ2) is 4.04. The van der Waals surface area contributed by atoms with Gasteiger partial charge in [0.2, 0.25) is 0 Å². The van der Waals surface area contributed by atoms with Gasteiger partial charge in [-0.25, -0.2) is 4.98 Å². The zero-order chi connectivity index (χ0) is 8.97. The monoisotopic (exact) mass is 166 g/mol. The van der Waals surface area contributed by atoms with Crippen LogP contribution in [-0.2, 0) is 17.6 Å². The number of rotatable bonds is 4. The van der Waals surface area contributed by atoms with Crippen LogP contribution in [0.25, 0.3) is 0 Å². The molecule has 0 bridgehead atoms. The van der Waals surface area contributed by atoms with E-state index in [1.165, 1.54) is 0 Å². The van der Waals surface area contributed by atoms with Gasteiger partial charge in [0, 0.05) is 24.7 Å². The topological polar surface area (TPSA) is 45.8 Å². The number of H-pyrrole nitrogens is 1. The molecule has 0 saturated heterocycles. The summed E-state index contributed by atoms with van der Waals surface area (Å²) in [5, 5.41) is 0. The largest absolute Gasteiger partial charge is 0.346 e. The Balaban J connectivity index is 2.47. The van der Waals surface area contributed by atoms with E-state index in [2.05, 4.69) is 9.97 Å². The predicted molar refractivity (Wildman–Crippen MR) is 47.0 cm³/mol. The second-order valence-corrected chi connectivity index (χ2v) is 2.91. The summed E-state index contributed by atoms with van der Waals surface area (Å²) in [4.78, 5) is 18.0. The van der Waals surface area contributed by atoms with Crippen molar-refractivity contribution in [3.05, 3.63) is 17.7 Å². The van der Waals surface area contributed by atoms with Gasteiger partial charge in [0.05, 0.1) is 0 Å². The number of aromatic amines is 1. The molecule has 0 aliphatic rings. The summed E-state index contributed by atoms with van der Waals surface area (Å²) in [6, 6.07) is 0. The molecular weight excluding hydrogens is 152 g/mol. The Morgan fingerprint density at radius 2 is 2.42 bits per heavy atom. The minimum atomic E-state index is 0.225. The first-order valence-electron chi connectivity index (χ1n) is 4.24. The lowest BCUT2D eigenvalue weighted by molar-refractivity contribution is -0.116. The Morgan fingerprint density at radius 3 is 2.92 bits per heavy atom. The average molecular weight is 166 g/mol. The molecule has 0 fully saturated rings. The molecule has 1 aromatic heterocycles. The van der Waals surface area contributed by atoms with E-state index >= 15 is 0 Å². The predicted octanol–water partition coefficient (Wildman–Crippen LogP) is 1.49. The summed E-state index contributed by atoms with van der Waals surface area (Å²) in [6.45, 7) is 3.66. The zero-order valence-electron chi connectivity index (χ0n) is 7.55. The maximum Gasteiger partial charge on any atom is 0.130 e. The number of ketones is 1. The highest BCUT2D eigenvalue weighted by atomic mass is 16.1. The minimum Gasteiger partial charge on any atom is -0.346 e. The van der Waals surface area contributed by atoms with Crippen molar-refractivity contribution >= 4 is 5.78 Å². The quantitative estimate of drug-likeness (QED) is 0.736. The molecule has 0 aromatic carbocycles. The van der Waals surface area contributed by atoms with E-state index in [9.17, 15) is 4.79 Å². The number of hydrogen-bond acceptors (Lipinski definition) is 2. The second-order valence-electron chi connectivity index (χ2n) is 2.91. The third-order valence-electron chi connectivity index (χ3n) is 1.76. The SMILES string of the molecule is CCc1ncc(CCC(C)=O)[nH]1. The molecule has 0 spiro atoms. The molecule has 0 saturated carbocycles. The van der Waals surface area contributed by atoms with E-state index in [1.807, 2.05) is 13.1 Å². The van der Waals surface area contributed by atoms with E-state index in [1.54, 1.807) is 6.92 Å². The fourth-order valence-electron chi connectivity index (χ4n) is 1.02. The number of hydrogen-bond donors (Lipinski definition) is 1. The van der Waals surface area contributed by atoms with Crippen LogP contribution in [0.2, 0.25) is 0 Å². The number of nitrogens with zero attached hydrogens (tertiary/aromatic N) is 1. The number of nitrogens with one attached hydrogen (secondary N) is 1. The van der Waals surface area contributed by atoms with Gasteiger partial charge in [-0.05, 0) is 13.3 Å². The first kappa shape index (κ1) is 8.97. The van der Waals surface area contributed by atoms with Crippen LogP contribution in [0.5, 0.6) is 0 Å². The van der Waals surface area contributed by atoms with Crippen molar-refractivity contribution in [1.82, 2.24) is 9.97 Å². The van der Waals surface area contributed by atoms with Gasteiger partial charge in [0.1, 0.15) is 11.6 Å². The molecule has 3 nitrogen and oxygen atoms in total. The lowest BCUT2D eigenvalue weighted by atomic mass is 10.2. The van der Waals surface area contributed by atoms with Gasteiger partial charge in [-0.15, -0.1) is 0 Å². The van der Waals surface area contributed by atoms with Crippen LogP contribution in [0.4, 0.5) is 0 Å². The van der Waals surface area contributed by atoms with E-state index in [-0.39, 0.29) is 5.78 Å². The molecule has 3 heteroatoms. The Hall–Kier alpha value is -1.12. The fourth-order valence-corrected chi connectivity index (χ4v) is 1.02. The van der Waals surface area contributed by atoms with E-state index in [0.29, 0.717) is 6.42 Å². The minimum absolute atomic E-state index is 0.225. The highest BCUT2D eigenvalue weighted by Gasteiger charge is 1.99. The molecule has 1 N–H and O–H groups in total. The Kier molecular flexibility index (Phi) is 3.02. The third kappa shape index (κ3) is 2.49. The average Bonchev–Trinajstić information content (AvgIpc) is 2.48. The van der Waals surface area contributed by atoms with Crippen LogP contribution in [0, 0.1) is 0 Å². The normalized spacial score (nSPS) is 10.2. The molecule has 0 unspecified atom stereocenters. The van der Waals surface area contributed by atoms with Crippen molar-refractivity contribution in [2.75, 3.05) is 0 Å². The maximum absolute atomic E-state index is 10.7. The van der Waals surface area contributed by atoms with Gasteiger partial charge in [-0.2, -0.15) is 0 Å². The summed E-state index contributed by atoms with van der Waals surface area (Å²) >= 11 is 0. The summed E-state index contributed by atoms with van der Waals surface area (Å²) < 4.78 is 0. The van der Waals surface area contributed by atoms with Crippen LogP contribution in [0.1, 0.15) is 31.8 Å². The van der Waals surface area contributed by atoms with Gasteiger partial charge in [0.25, 0.3) is 0 Å². The molecule has 0 radical (unpaired) electrons. The number of Topliss-reactive ketones (excluding diaryl/α,β-unsaturated/α-hetero) is 1. The van der Waals surface area contributed by atoms with Crippen molar-refractivity contribution < 1.29 is 4.79 Å². The highest BCUT2D eigenvalue weighted by Crippen LogP contribution is 2.01. The van der Waals surface area contributed by atoms with Gasteiger partial charge in [0.15, 0.2) is 0 Å². The smallest absolute Gasteiger partial charge is 0.130 e. The molecule has 0 aliphatic carbocycles. The molecule has 0 amide bonds. The van der Waals surface area contributed by atoms with Crippen molar-refractivity contribution in [2.24, 2.45) is 0 Å². The van der Waals surface area contributed by atoms with Crippen molar-refractivity contribution in [2.45, 2.75) is 33.1 Å². The molecule has 66 valence electrons. The number of aryl methyl sites for hydroxylation is 2. The molecule has 1 heterocycles.